The normalized spacial score (nSPS) is 10.8. The average Bonchev–Trinajstić information content (AvgIpc) is 2.37. The van der Waals surface area contributed by atoms with Gasteiger partial charge in [-0.3, -0.25) is 0 Å². The van der Waals surface area contributed by atoms with Crippen LogP contribution in [-0.4, -0.2) is 17.1 Å². The first-order valence-corrected chi connectivity index (χ1v) is 6.65. The van der Waals surface area contributed by atoms with Crippen molar-refractivity contribution in [1.29, 1.82) is 0 Å². The Bertz CT molecular complexity index is 600. The minimum Gasteiger partial charge on any atom is -0.495 e. The molecule has 3 nitrogen and oxygen atoms in total. The molecular formula is C14H14Cl2N2O. The summed E-state index contributed by atoms with van der Waals surface area (Å²) in [6, 6.07) is 7.20. The van der Waals surface area contributed by atoms with Gasteiger partial charge in [0.15, 0.2) is 5.82 Å². The van der Waals surface area contributed by atoms with Gasteiger partial charge in [-0.25, -0.2) is 9.97 Å². The third-order valence-electron chi connectivity index (χ3n) is 2.72. The topological polar surface area (TPSA) is 35.0 Å². The summed E-state index contributed by atoms with van der Waals surface area (Å²) in [5, 5.41) is 0.954. The maximum Gasteiger partial charge on any atom is 0.161 e. The van der Waals surface area contributed by atoms with E-state index in [0.29, 0.717) is 21.7 Å². The smallest absolute Gasteiger partial charge is 0.161 e. The van der Waals surface area contributed by atoms with Gasteiger partial charge in [0.05, 0.1) is 12.1 Å². The maximum atomic E-state index is 6.11. The molecule has 1 heterocycles. The molecule has 0 unspecified atom stereocenters. The van der Waals surface area contributed by atoms with E-state index < -0.39 is 0 Å². The zero-order valence-electron chi connectivity index (χ0n) is 10.9. The maximum absolute atomic E-state index is 6.11. The predicted molar refractivity (Wildman–Crippen MR) is 78.1 cm³/mol. The number of ether oxygens (including phenoxy) is 1. The number of aromatic nitrogens is 2. The molecule has 0 saturated heterocycles. The van der Waals surface area contributed by atoms with Crippen molar-refractivity contribution in [2.24, 2.45) is 0 Å². The van der Waals surface area contributed by atoms with E-state index in [1.54, 1.807) is 25.3 Å². The number of hydrogen-bond acceptors (Lipinski definition) is 3. The highest BCUT2D eigenvalue weighted by atomic mass is 35.5. The van der Waals surface area contributed by atoms with Gasteiger partial charge in [0, 0.05) is 11.3 Å². The molecule has 0 saturated carbocycles. The van der Waals surface area contributed by atoms with E-state index in [2.05, 4.69) is 23.8 Å². The van der Waals surface area contributed by atoms with Crippen LogP contribution in [0.5, 0.6) is 5.75 Å². The first-order valence-electron chi connectivity index (χ1n) is 5.89. The Labute approximate surface area is 122 Å². The summed E-state index contributed by atoms with van der Waals surface area (Å²) in [5.74, 6) is 1.48. The highest BCUT2D eigenvalue weighted by molar-refractivity contribution is 6.32. The van der Waals surface area contributed by atoms with Crippen LogP contribution in [0.3, 0.4) is 0 Å². The van der Waals surface area contributed by atoms with Crippen LogP contribution in [-0.2, 0) is 0 Å². The molecule has 0 N–H and O–H groups in total. The molecule has 1 aromatic carbocycles. The van der Waals surface area contributed by atoms with Crippen molar-refractivity contribution < 1.29 is 4.74 Å². The van der Waals surface area contributed by atoms with E-state index in [0.717, 1.165) is 11.3 Å². The number of nitrogens with zero attached hydrogens (tertiary/aromatic N) is 2. The summed E-state index contributed by atoms with van der Waals surface area (Å²) in [4.78, 5) is 8.74. The highest BCUT2D eigenvalue weighted by Gasteiger charge is 2.10. The average molecular weight is 297 g/mol. The minimum absolute atomic E-state index is 0.285. The van der Waals surface area contributed by atoms with Gasteiger partial charge in [0.1, 0.15) is 10.9 Å². The molecule has 0 bridgehead atoms. The van der Waals surface area contributed by atoms with Crippen LogP contribution >= 0.6 is 23.2 Å². The van der Waals surface area contributed by atoms with Crippen LogP contribution < -0.4 is 4.74 Å². The molecule has 0 fully saturated rings. The summed E-state index contributed by atoms with van der Waals surface area (Å²) < 4.78 is 5.12. The van der Waals surface area contributed by atoms with E-state index in [1.165, 1.54) is 0 Å². The molecule has 19 heavy (non-hydrogen) atoms. The Morgan fingerprint density at radius 1 is 1.11 bits per heavy atom. The molecule has 0 atom stereocenters. The summed E-state index contributed by atoms with van der Waals surface area (Å²) in [6.45, 7) is 4.12. The summed E-state index contributed by atoms with van der Waals surface area (Å²) >= 11 is 12.1. The third-order valence-corrected chi connectivity index (χ3v) is 3.21. The number of rotatable bonds is 3. The van der Waals surface area contributed by atoms with Gasteiger partial charge in [-0.05, 0) is 30.2 Å². The van der Waals surface area contributed by atoms with Crippen LogP contribution in [0.2, 0.25) is 10.2 Å². The molecule has 5 heteroatoms. The second-order valence-electron chi connectivity index (χ2n) is 4.44. The third kappa shape index (κ3) is 3.17. The van der Waals surface area contributed by atoms with Crippen LogP contribution in [0, 0.1) is 0 Å². The molecule has 1 aromatic heterocycles. The Morgan fingerprint density at radius 3 is 2.42 bits per heavy atom. The van der Waals surface area contributed by atoms with Crippen molar-refractivity contribution in [3.63, 3.8) is 0 Å². The molecule has 0 aliphatic carbocycles. The SMILES string of the molecule is COc1ccc(-c2nc(Cl)cc(C(C)C)n2)cc1Cl. The molecule has 0 aliphatic heterocycles. The van der Waals surface area contributed by atoms with E-state index in [1.807, 2.05) is 6.07 Å². The second kappa shape index (κ2) is 5.76. The number of hydrogen-bond donors (Lipinski definition) is 0. The number of benzene rings is 1. The van der Waals surface area contributed by atoms with Crippen molar-refractivity contribution in [1.82, 2.24) is 9.97 Å². The number of methoxy groups -OCH3 is 1. The Hall–Kier alpha value is -1.32. The standard InChI is InChI=1S/C14H14Cl2N2O/c1-8(2)11-7-13(16)18-14(17-11)9-4-5-12(19-3)10(15)6-9/h4-8H,1-3H3. The first kappa shape index (κ1) is 14.1. The molecule has 0 radical (unpaired) electrons. The molecular weight excluding hydrogens is 283 g/mol. The molecule has 2 aromatic rings. The van der Waals surface area contributed by atoms with E-state index >= 15 is 0 Å². The zero-order chi connectivity index (χ0) is 14.0. The molecule has 100 valence electrons. The van der Waals surface area contributed by atoms with Crippen LogP contribution in [0.25, 0.3) is 11.4 Å². The van der Waals surface area contributed by atoms with E-state index in [-0.39, 0.29) is 5.92 Å². The van der Waals surface area contributed by atoms with Crippen molar-refractivity contribution in [3.05, 3.63) is 40.1 Å². The largest absolute Gasteiger partial charge is 0.495 e. The first-order chi connectivity index (χ1) is 9.01. The lowest BCUT2D eigenvalue weighted by atomic mass is 10.1. The summed E-state index contributed by atoms with van der Waals surface area (Å²) in [5.41, 5.74) is 1.72. The van der Waals surface area contributed by atoms with E-state index in [9.17, 15) is 0 Å². The lowest BCUT2D eigenvalue weighted by Crippen LogP contribution is -1.98. The Kier molecular flexibility index (Phi) is 4.27. The van der Waals surface area contributed by atoms with Gasteiger partial charge in [0.25, 0.3) is 0 Å². The predicted octanol–water partition coefficient (Wildman–Crippen LogP) is 4.58. The lowest BCUT2D eigenvalue weighted by Gasteiger charge is -2.09. The lowest BCUT2D eigenvalue weighted by molar-refractivity contribution is 0.415. The fraction of sp³-hybridized carbons (Fsp3) is 0.286. The van der Waals surface area contributed by atoms with Crippen molar-refractivity contribution in [2.75, 3.05) is 7.11 Å². The van der Waals surface area contributed by atoms with Gasteiger partial charge in [-0.1, -0.05) is 37.0 Å². The van der Waals surface area contributed by atoms with Gasteiger partial charge in [0.2, 0.25) is 0 Å². The second-order valence-corrected chi connectivity index (χ2v) is 5.24. The van der Waals surface area contributed by atoms with Crippen molar-refractivity contribution >= 4 is 23.2 Å². The fourth-order valence-corrected chi connectivity index (χ4v) is 2.11. The fourth-order valence-electron chi connectivity index (χ4n) is 1.67. The Morgan fingerprint density at radius 2 is 1.84 bits per heavy atom. The quantitative estimate of drug-likeness (QED) is 0.778. The van der Waals surface area contributed by atoms with Gasteiger partial charge in [-0.15, -0.1) is 0 Å². The van der Waals surface area contributed by atoms with E-state index in [4.69, 9.17) is 27.9 Å². The molecule has 2 rings (SSSR count). The molecule has 0 spiro atoms. The van der Waals surface area contributed by atoms with Crippen molar-refractivity contribution in [2.45, 2.75) is 19.8 Å². The Balaban J connectivity index is 2.49. The summed E-state index contributed by atoms with van der Waals surface area (Å²) in [6.07, 6.45) is 0. The minimum atomic E-state index is 0.285. The molecule has 0 aliphatic rings. The zero-order valence-corrected chi connectivity index (χ0v) is 12.5. The van der Waals surface area contributed by atoms with Crippen molar-refractivity contribution in [3.8, 4) is 17.1 Å². The van der Waals surface area contributed by atoms with Gasteiger partial charge in [-0.2, -0.15) is 0 Å². The van der Waals surface area contributed by atoms with Gasteiger partial charge >= 0.3 is 0 Å². The highest BCUT2D eigenvalue weighted by Crippen LogP contribution is 2.29. The van der Waals surface area contributed by atoms with Crippen LogP contribution in [0.4, 0.5) is 0 Å². The monoisotopic (exact) mass is 296 g/mol. The van der Waals surface area contributed by atoms with Gasteiger partial charge < -0.3 is 4.74 Å². The summed E-state index contributed by atoms with van der Waals surface area (Å²) in [7, 11) is 1.58. The van der Waals surface area contributed by atoms with Crippen LogP contribution in [0.1, 0.15) is 25.5 Å². The van der Waals surface area contributed by atoms with Crippen LogP contribution in [0.15, 0.2) is 24.3 Å². The molecule has 0 amide bonds. The number of halogens is 2.